The predicted molar refractivity (Wildman–Crippen MR) is 128 cm³/mol. The van der Waals surface area contributed by atoms with E-state index in [0.717, 1.165) is 16.1 Å². The third-order valence-corrected chi connectivity index (χ3v) is 7.08. The van der Waals surface area contributed by atoms with Gasteiger partial charge in [-0.3, -0.25) is 14.4 Å². The first-order valence-corrected chi connectivity index (χ1v) is 12.8. The SMILES string of the molecule is CCC(C(=O)Nc1nnc(-c2ccc(OC)cc2)s1)N(c1cc(Cl)ccc1Cl)S(C)(=O)=O. The number of halogens is 2. The van der Waals surface area contributed by atoms with Crippen molar-refractivity contribution in [3.8, 4) is 16.3 Å². The molecule has 8 nitrogen and oxygen atoms in total. The minimum absolute atomic E-state index is 0.125. The highest BCUT2D eigenvalue weighted by molar-refractivity contribution is 7.92. The van der Waals surface area contributed by atoms with E-state index in [0.29, 0.717) is 15.8 Å². The van der Waals surface area contributed by atoms with Gasteiger partial charge >= 0.3 is 0 Å². The monoisotopic (exact) mass is 514 g/mol. The van der Waals surface area contributed by atoms with E-state index in [-0.39, 0.29) is 22.3 Å². The lowest BCUT2D eigenvalue weighted by molar-refractivity contribution is -0.117. The summed E-state index contributed by atoms with van der Waals surface area (Å²) >= 11 is 13.4. The minimum atomic E-state index is -3.87. The Morgan fingerprint density at radius 1 is 1.19 bits per heavy atom. The Balaban J connectivity index is 1.87. The number of carbonyl (C=O) groups excluding carboxylic acids is 1. The number of rotatable bonds is 8. The molecule has 0 aliphatic carbocycles. The van der Waals surface area contributed by atoms with Crippen LogP contribution in [-0.4, -0.2) is 43.9 Å². The van der Waals surface area contributed by atoms with E-state index in [2.05, 4.69) is 15.5 Å². The van der Waals surface area contributed by atoms with Crippen molar-refractivity contribution < 1.29 is 17.9 Å². The predicted octanol–water partition coefficient (Wildman–Crippen LogP) is 4.70. The number of hydrogen-bond acceptors (Lipinski definition) is 7. The Bertz CT molecular complexity index is 1220. The fourth-order valence-corrected chi connectivity index (χ4v) is 5.40. The van der Waals surface area contributed by atoms with Crippen LogP contribution in [0.2, 0.25) is 10.0 Å². The fourth-order valence-electron chi connectivity index (χ4n) is 3.00. The number of ether oxygens (including phenoxy) is 1. The number of sulfonamides is 1. The van der Waals surface area contributed by atoms with Gasteiger partial charge in [0, 0.05) is 10.6 Å². The summed E-state index contributed by atoms with van der Waals surface area (Å²) in [4.78, 5) is 13.1. The summed E-state index contributed by atoms with van der Waals surface area (Å²) in [6.45, 7) is 1.70. The average molecular weight is 515 g/mol. The van der Waals surface area contributed by atoms with E-state index < -0.39 is 22.0 Å². The molecule has 0 spiro atoms. The molecule has 0 fully saturated rings. The van der Waals surface area contributed by atoms with Gasteiger partial charge in [0.25, 0.3) is 0 Å². The molecule has 1 unspecified atom stereocenters. The molecule has 0 aliphatic rings. The quantitative estimate of drug-likeness (QED) is 0.467. The van der Waals surface area contributed by atoms with Gasteiger partial charge in [-0.1, -0.05) is 41.5 Å². The van der Waals surface area contributed by atoms with E-state index in [9.17, 15) is 13.2 Å². The number of methoxy groups -OCH3 is 1. The highest BCUT2D eigenvalue weighted by Crippen LogP contribution is 2.34. The number of nitrogens with zero attached hydrogens (tertiary/aromatic N) is 3. The van der Waals surface area contributed by atoms with Gasteiger partial charge in [0.1, 0.15) is 16.8 Å². The molecule has 0 radical (unpaired) electrons. The van der Waals surface area contributed by atoms with Crippen molar-refractivity contribution in [1.29, 1.82) is 0 Å². The summed E-state index contributed by atoms with van der Waals surface area (Å²) in [5, 5.41) is 12.1. The molecule has 32 heavy (non-hydrogen) atoms. The summed E-state index contributed by atoms with van der Waals surface area (Å²) < 4.78 is 31.3. The Morgan fingerprint density at radius 2 is 1.88 bits per heavy atom. The highest BCUT2D eigenvalue weighted by atomic mass is 35.5. The molecule has 0 saturated heterocycles. The lowest BCUT2D eigenvalue weighted by atomic mass is 10.2. The molecule has 0 saturated carbocycles. The average Bonchev–Trinajstić information content (AvgIpc) is 3.21. The smallest absolute Gasteiger partial charge is 0.250 e. The summed E-state index contributed by atoms with van der Waals surface area (Å²) in [6, 6.07) is 10.6. The van der Waals surface area contributed by atoms with Crippen LogP contribution < -0.4 is 14.4 Å². The number of hydrogen-bond donors (Lipinski definition) is 1. The Labute approximate surface area is 200 Å². The Kier molecular flexibility index (Phi) is 7.60. The van der Waals surface area contributed by atoms with Crippen LogP contribution in [0.5, 0.6) is 5.75 Å². The van der Waals surface area contributed by atoms with Crippen LogP contribution in [0, 0.1) is 0 Å². The van der Waals surface area contributed by atoms with Crippen molar-refractivity contribution in [2.24, 2.45) is 0 Å². The zero-order valence-corrected chi connectivity index (χ0v) is 20.5. The van der Waals surface area contributed by atoms with Crippen LogP contribution >= 0.6 is 34.5 Å². The zero-order valence-electron chi connectivity index (χ0n) is 17.4. The van der Waals surface area contributed by atoms with Gasteiger partial charge < -0.3 is 4.74 Å². The summed E-state index contributed by atoms with van der Waals surface area (Å²) in [6.07, 6.45) is 1.19. The number of nitrogens with one attached hydrogen (secondary N) is 1. The summed E-state index contributed by atoms with van der Waals surface area (Å²) in [7, 11) is -2.29. The van der Waals surface area contributed by atoms with Gasteiger partial charge in [0.05, 0.1) is 24.1 Å². The fraction of sp³-hybridized carbons (Fsp3) is 0.250. The Morgan fingerprint density at radius 3 is 2.47 bits per heavy atom. The van der Waals surface area contributed by atoms with E-state index in [1.165, 1.54) is 29.5 Å². The first kappa shape index (κ1) is 24.2. The van der Waals surface area contributed by atoms with Crippen LogP contribution in [0.15, 0.2) is 42.5 Å². The van der Waals surface area contributed by atoms with Gasteiger partial charge in [-0.2, -0.15) is 0 Å². The highest BCUT2D eigenvalue weighted by Gasteiger charge is 2.33. The molecule has 2 aromatic carbocycles. The van der Waals surface area contributed by atoms with Crippen molar-refractivity contribution in [2.45, 2.75) is 19.4 Å². The second-order valence-electron chi connectivity index (χ2n) is 6.71. The molecule has 12 heteroatoms. The number of carbonyl (C=O) groups is 1. The van der Waals surface area contributed by atoms with Gasteiger partial charge in [0.2, 0.25) is 21.1 Å². The maximum absolute atomic E-state index is 13.1. The summed E-state index contributed by atoms with van der Waals surface area (Å²) in [5.41, 5.74) is 0.930. The van der Waals surface area contributed by atoms with Crippen LogP contribution in [-0.2, 0) is 14.8 Å². The maximum Gasteiger partial charge on any atom is 0.250 e. The van der Waals surface area contributed by atoms with Gasteiger partial charge in [0.15, 0.2) is 0 Å². The van der Waals surface area contributed by atoms with E-state index in [4.69, 9.17) is 27.9 Å². The number of anilines is 2. The van der Waals surface area contributed by atoms with Crippen LogP contribution in [0.25, 0.3) is 10.6 Å². The van der Waals surface area contributed by atoms with E-state index in [1.807, 2.05) is 12.1 Å². The molecule has 1 atom stereocenters. The molecule has 3 rings (SSSR count). The largest absolute Gasteiger partial charge is 0.497 e. The second-order valence-corrected chi connectivity index (χ2v) is 10.4. The molecule has 1 N–H and O–H groups in total. The maximum atomic E-state index is 13.1. The number of amides is 1. The van der Waals surface area contributed by atoms with Crippen molar-refractivity contribution in [1.82, 2.24) is 10.2 Å². The van der Waals surface area contributed by atoms with Crippen molar-refractivity contribution in [3.63, 3.8) is 0 Å². The third kappa shape index (κ3) is 5.50. The molecular formula is C20H20Cl2N4O4S2. The van der Waals surface area contributed by atoms with Crippen LogP contribution in [0.1, 0.15) is 13.3 Å². The Hall–Kier alpha value is -2.40. The third-order valence-electron chi connectivity index (χ3n) is 4.47. The summed E-state index contributed by atoms with van der Waals surface area (Å²) in [5.74, 6) is 0.143. The number of benzene rings is 2. The normalized spacial score (nSPS) is 12.3. The van der Waals surface area contributed by atoms with E-state index in [1.54, 1.807) is 26.2 Å². The van der Waals surface area contributed by atoms with Crippen molar-refractivity contribution >= 4 is 61.3 Å². The van der Waals surface area contributed by atoms with Crippen LogP contribution in [0.3, 0.4) is 0 Å². The molecule has 1 aromatic heterocycles. The number of aromatic nitrogens is 2. The van der Waals surface area contributed by atoms with Gasteiger partial charge in [-0.05, 0) is 48.9 Å². The topological polar surface area (TPSA) is 101 Å². The van der Waals surface area contributed by atoms with Gasteiger partial charge in [-0.25, -0.2) is 8.42 Å². The molecule has 1 amide bonds. The molecule has 0 aliphatic heterocycles. The first-order chi connectivity index (χ1) is 15.1. The second kappa shape index (κ2) is 10.0. The van der Waals surface area contributed by atoms with Crippen molar-refractivity contribution in [3.05, 3.63) is 52.5 Å². The minimum Gasteiger partial charge on any atom is -0.497 e. The molecular weight excluding hydrogens is 495 g/mol. The van der Waals surface area contributed by atoms with Gasteiger partial charge in [-0.15, -0.1) is 10.2 Å². The van der Waals surface area contributed by atoms with E-state index >= 15 is 0 Å². The standard InChI is InChI=1S/C20H20Cl2N4O4S2/c1-4-16(26(32(3,28)29)17-11-13(21)7-10-15(17)22)18(27)23-20-25-24-19(31-20)12-5-8-14(30-2)9-6-12/h5-11,16H,4H2,1-3H3,(H,23,25,27). The molecule has 1 heterocycles. The molecule has 3 aromatic rings. The molecule has 0 bridgehead atoms. The lowest BCUT2D eigenvalue weighted by Crippen LogP contribution is -2.47. The molecule has 170 valence electrons. The van der Waals surface area contributed by atoms with Crippen LogP contribution in [0.4, 0.5) is 10.8 Å². The lowest BCUT2D eigenvalue weighted by Gasteiger charge is -2.30. The van der Waals surface area contributed by atoms with Crippen molar-refractivity contribution in [2.75, 3.05) is 23.0 Å². The first-order valence-electron chi connectivity index (χ1n) is 9.37. The zero-order chi connectivity index (χ0) is 23.5.